The first-order valence-electron chi connectivity index (χ1n) is 7.41. The van der Waals surface area contributed by atoms with Crippen LogP contribution in [0.2, 0.25) is 0 Å². The number of aliphatic hydroxyl groups excluding tert-OH is 1. The van der Waals surface area contributed by atoms with Gasteiger partial charge in [-0.2, -0.15) is 0 Å². The second-order valence-corrected chi connectivity index (χ2v) is 5.34. The van der Waals surface area contributed by atoms with Crippen molar-refractivity contribution < 1.29 is 9.90 Å². The van der Waals surface area contributed by atoms with Crippen LogP contribution in [0.15, 0.2) is 30.3 Å². The summed E-state index contributed by atoms with van der Waals surface area (Å²) in [5.74, 6) is 0.223. The number of aliphatic hydroxyl groups is 1. The van der Waals surface area contributed by atoms with Crippen LogP contribution in [0.1, 0.15) is 25.3 Å². The molecular weight excluding hydrogens is 252 g/mol. The topological polar surface area (TPSA) is 43.8 Å². The van der Waals surface area contributed by atoms with Crippen molar-refractivity contribution in [1.29, 1.82) is 0 Å². The molecule has 0 radical (unpaired) electrons. The monoisotopic (exact) mass is 276 g/mol. The summed E-state index contributed by atoms with van der Waals surface area (Å²) in [5, 5.41) is 9.10. The third-order valence-electron chi connectivity index (χ3n) is 3.96. The van der Waals surface area contributed by atoms with Crippen LogP contribution in [0.3, 0.4) is 0 Å². The normalized spacial score (nSPS) is 21.0. The van der Waals surface area contributed by atoms with E-state index in [0.717, 1.165) is 19.5 Å². The van der Waals surface area contributed by atoms with Crippen molar-refractivity contribution >= 4 is 5.91 Å². The highest BCUT2D eigenvalue weighted by atomic mass is 16.3. The first-order valence-corrected chi connectivity index (χ1v) is 7.41. The average molecular weight is 276 g/mol. The van der Waals surface area contributed by atoms with Gasteiger partial charge in [-0.15, -0.1) is 0 Å². The van der Waals surface area contributed by atoms with E-state index >= 15 is 0 Å². The highest BCUT2D eigenvalue weighted by Crippen LogP contribution is 2.17. The van der Waals surface area contributed by atoms with E-state index in [4.69, 9.17) is 5.11 Å². The number of carbonyl (C=O) groups excluding carboxylic acids is 1. The highest BCUT2D eigenvalue weighted by molar-refractivity contribution is 5.77. The molecule has 1 heterocycles. The molecule has 110 valence electrons. The van der Waals surface area contributed by atoms with Crippen LogP contribution in [-0.2, 0) is 11.3 Å². The molecule has 0 spiro atoms. The molecule has 4 heteroatoms. The summed E-state index contributed by atoms with van der Waals surface area (Å²) in [6.07, 6.45) is 1.49. The Bertz CT molecular complexity index is 422. The molecule has 1 fully saturated rings. The minimum atomic E-state index is 0.156. The quantitative estimate of drug-likeness (QED) is 0.886. The lowest BCUT2D eigenvalue weighted by atomic mass is 10.1. The van der Waals surface area contributed by atoms with Gasteiger partial charge in [0.1, 0.15) is 0 Å². The average Bonchev–Trinajstić information content (AvgIpc) is 2.62. The van der Waals surface area contributed by atoms with Gasteiger partial charge in [0.05, 0.1) is 6.61 Å². The fourth-order valence-electron chi connectivity index (χ4n) is 2.78. The number of hydrogen-bond donors (Lipinski definition) is 1. The van der Waals surface area contributed by atoms with E-state index in [2.05, 4.69) is 24.0 Å². The van der Waals surface area contributed by atoms with Crippen LogP contribution in [0, 0.1) is 0 Å². The lowest BCUT2D eigenvalue weighted by Crippen LogP contribution is -2.42. The van der Waals surface area contributed by atoms with Crippen LogP contribution < -0.4 is 0 Å². The molecule has 0 bridgehead atoms. The van der Waals surface area contributed by atoms with Crippen molar-refractivity contribution in [3.8, 4) is 0 Å². The summed E-state index contributed by atoms with van der Waals surface area (Å²) in [6.45, 7) is 5.23. The molecule has 0 saturated carbocycles. The van der Waals surface area contributed by atoms with Gasteiger partial charge in [0.25, 0.3) is 0 Å². The summed E-state index contributed by atoms with van der Waals surface area (Å²) in [5.41, 5.74) is 1.18. The summed E-state index contributed by atoms with van der Waals surface area (Å²) in [4.78, 5) is 16.6. The van der Waals surface area contributed by atoms with Crippen LogP contribution in [0.25, 0.3) is 0 Å². The van der Waals surface area contributed by atoms with Gasteiger partial charge < -0.3 is 10.0 Å². The van der Waals surface area contributed by atoms with Crippen LogP contribution in [0.4, 0.5) is 0 Å². The maximum atomic E-state index is 12.4. The molecule has 1 aliphatic rings. The van der Waals surface area contributed by atoms with Crippen molar-refractivity contribution in [2.45, 2.75) is 32.4 Å². The molecule has 0 aromatic heterocycles. The Balaban J connectivity index is 2.10. The van der Waals surface area contributed by atoms with E-state index in [1.54, 1.807) is 0 Å². The molecule has 1 N–H and O–H groups in total. The predicted molar refractivity (Wildman–Crippen MR) is 79.2 cm³/mol. The molecule has 1 unspecified atom stereocenters. The number of amides is 1. The maximum absolute atomic E-state index is 12.4. The maximum Gasteiger partial charge on any atom is 0.224 e. The second kappa shape index (κ2) is 7.41. The first-order chi connectivity index (χ1) is 9.74. The molecule has 1 aromatic rings. The summed E-state index contributed by atoms with van der Waals surface area (Å²) in [6, 6.07) is 10.4. The third kappa shape index (κ3) is 3.81. The SMILES string of the molecule is CCC1CN(CCO)CCC(=O)N1Cc1ccccc1. The van der Waals surface area contributed by atoms with Crippen molar-refractivity contribution in [2.24, 2.45) is 0 Å². The molecule has 1 amide bonds. The molecule has 20 heavy (non-hydrogen) atoms. The lowest BCUT2D eigenvalue weighted by molar-refractivity contribution is -0.133. The first kappa shape index (κ1) is 15.0. The number of carbonyl (C=O) groups is 1. The minimum Gasteiger partial charge on any atom is -0.395 e. The Hall–Kier alpha value is -1.39. The zero-order valence-electron chi connectivity index (χ0n) is 12.2. The van der Waals surface area contributed by atoms with E-state index in [0.29, 0.717) is 19.5 Å². The van der Waals surface area contributed by atoms with Crippen LogP contribution >= 0.6 is 0 Å². The van der Waals surface area contributed by atoms with Gasteiger partial charge in [0, 0.05) is 38.6 Å². The van der Waals surface area contributed by atoms with E-state index in [1.807, 2.05) is 23.1 Å². The Morgan fingerprint density at radius 3 is 2.70 bits per heavy atom. The molecule has 1 aromatic carbocycles. The van der Waals surface area contributed by atoms with Crippen LogP contribution in [-0.4, -0.2) is 53.1 Å². The molecule has 2 rings (SSSR count). The van der Waals surface area contributed by atoms with Gasteiger partial charge >= 0.3 is 0 Å². The smallest absolute Gasteiger partial charge is 0.224 e. The number of nitrogens with zero attached hydrogens (tertiary/aromatic N) is 2. The fourth-order valence-corrected chi connectivity index (χ4v) is 2.78. The van der Waals surface area contributed by atoms with Gasteiger partial charge in [-0.05, 0) is 12.0 Å². The van der Waals surface area contributed by atoms with E-state index in [1.165, 1.54) is 5.56 Å². The van der Waals surface area contributed by atoms with Gasteiger partial charge in [0.15, 0.2) is 0 Å². The number of benzene rings is 1. The van der Waals surface area contributed by atoms with Crippen molar-refractivity contribution in [3.63, 3.8) is 0 Å². The Morgan fingerprint density at radius 2 is 2.05 bits per heavy atom. The summed E-state index contributed by atoms with van der Waals surface area (Å²) in [7, 11) is 0. The second-order valence-electron chi connectivity index (χ2n) is 5.34. The Morgan fingerprint density at radius 1 is 1.30 bits per heavy atom. The van der Waals surface area contributed by atoms with E-state index in [-0.39, 0.29) is 18.6 Å². The van der Waals surface area contributed by atoms with Crippen molar-refractivity contribution in [1.82, 2.24) is 9.80 Å². The standard InChI is InChI=1S/C16H24N2O2/c1-2-15-13-17(10-11-19)9-8-16(20)18(15)12-14-6-4-3-5-7-14/h3-7,15,19H,2,8-13H2,1H3. The third-order valence-corrected chi connectivity index (χ3v) is 3.96. The highest BCUT2D eigenvalue weighted by Gasteiger charge is 2.28. The van der Waals surface area contributed by atoms with Gasteiger partial charge in [-0.3, -0.25) is 9.69 Å². The molecule has 0 aliphatic carbocycles. The molecule has 1 aliphatic heterocycles. The van der Waals surface area contributed by atoms with Crippen molar-refractivity contribution in [2.75, 3.05) is 26.2 Å². The van der Waals surface area contributed by atoms with Gasteiger partial charge in [-0.25, -0.2) is 0 Å². The molecule has 4 nitrogen and oxygen atoms in total. The Labute approximate surface area is 121 Å². The molecule has 1 saturated heterocycles. The van der Waals surface area contributed by atoms with Gasteiger partial charge in [0.2, 0.25) is 5.91 Å². The lowest BCUT2D eigenvalue weighted by Gasteiger charge is -2.31. The number of rotatable bonds is 5. The number of β-amino-alcohol motifs (C(OH)–C–C–N with tert-alkyl or cyclic N) is 1. The number of hydrogen-bond acceptors (Lipinski definition) is 3. The van der Waals surface area contributed by atoms with Gasteiger partial charge in [-0.1, -0.05) is 37.3 Å². The van der Waals surface area contributed by atoms with Crippen LogP contribution in [0.5, 0.6) is 0 Å². The molecular formula is C16H24N2O2. The largest absolute Gasteiger partial charge is 0.395 e. The molecule has 1 atom stereocenters. The summed E-state index contributed by atoms with van der Waals surface area (Å²) < 4.78 is 0. The van der Waals surface area contributed by atoms with E-state index in [9.17, 15) is 4.79 Å². The zero-order valence-corrected chi connectivity index (χ0v) is 12.2. The zero-order chi connectivity index (χ0) is 14.4. The fraction of sp³-hybridized carbons (Fsp3) is 0.562. The Kier molecular flexibility index (Phi) is 5.56. The summed E-state index contributed by atoms with van der Waals surface area (Å²) >= 11 is 0. The van der Waals surface area contributed by atoms with E-state index < -0.39 is 0 Å². The van der Waals surface area contributed by atoms with Crippen molar-refractivity contribution in [3.05, 3.63) is 35.9 Å². The minimum absolute atomic E-state index is 0.156. The predicted octanol–water partition coefficient (Wildman–Crippen LogP) is 1.49.